The van der Waals surface area contributed by atoms with Gasteiger partial charge < -0.3 is 0 Å². The molecule has 0 amide bonds. The number of rotatable bonds is 1. The Morgan fingerprint density at radius 1 is 1.78 bits per heavy atom. The van der Waals surface area contributed by atoms with Crippen LogP contribution in [-0.2, 0) is 4.94 Å². The van der Waals surface area contributed by atoms with E-state index in [0.717, 1.165) is 11.3 Å². The number of halogens is 1. The highest BCUT2D eigenvalue weighted by atomic mass is 32.1. The Bertz CT molecular complexity index is 195. The molecule has 1 heterocycles. The molecule has 1 aromatic rings. The zero-order valence-electron chi connectivity index (χ0n) is 4.33. The molecule has 0 aliphatic carbocycles. The van der Waals surface area contributed by atoms with E-state index in [4.69, 9.17) is 0 Å². The SMILES string of the molecule is O=C(OF)c1cccs1. The Morgan fingerprint density at radius 2 is 2.56 bits per heavy atom. The normalized spacial score (nSPS) is 9.00. The maximum absolute atomic E-state index is 11.1. The molecule has 0 bridgehead atoms. The molecule has 0 saturated heterocycles. The Balaban J connectivity index is 2.77. The quantitative estimate of drug-likeness (QED) is 0.603. The van der Waals surface area contributed by atoms with E-state index in [1.165, 1.54) is 6.07 Å². The number of carbonyl (C=O) groups is 1. The Hall–Kier alpha value is -0.900. The molecular weight excluding hydrogens is 143 g/mol. The van der Waals surface area contributed by atoms with Crippen LogP contribution in [0, 0.1) is 0 Å². The molecule has 0 unspecified atom stereocenters. The minimum absolute atomic E-state index is 0.275. The lowest BCUT2D eigenvalue weighted by Gasteiger charge is -1.83. The summed E-state index contributed by atoms with van der Waals surface area (Å²) in [7, 11) is 0. The van der Waals surface area contributed by atoms with E-state index in [-0.39, 0.29) is 4.88 Å². The summed E-state index contributed by atoms with van der Waals surface area (Å²) in [5, 5.41) is 1.67. The van der Waals surface area contributed by atoms with Gasteiger partial charge >= 0.3 is 5.97 Å². The Morgan fingerprint density at radius 3 is 3.00 bits per heavy atom. The summed E-state index contributed by atoms with van der Waals surface area (Å²) < 4.78 is 11.1. The second-order valence-electron chi connectivity index (χ2n) is 1.34. The molecule has 0 aromatic carbocycles. The summed E-state index contributed by atoms with van der Waals surface area (Å²) in [6.07, 6.45) is 0. The first kappa shape index (κ1) is 6.22. The Kier molecular flexibility index (Phi) is 1.79. The van der Waals surface area contributed by atoms with Crippen LogP contribution in [0.15, 0.2) is 17.5 Å². The third-order valence-electron chi connectivity index (χ3n) is 0.792. The first-order valence-electron chi connectivity index (χ1n) is 2.21. The zero-order chi connectivity index (χ0) is 6.69. The average molecular weight is 146 g/mol. The van der Waals surface area contributed by atoms with Crippen LogP contribution in [0.2, 0.25) is 0 Å². The highest BCUT2D eigenvalue weighted by Gasteiger charge is 2.06. The van der Waals surface area contributed by atoms with E-state index in [0.29, 0.717) is 0 Å². The molecule has 0 radical (unpaired) electrons. The van der Waals surface area contributed by atoms with Crippen molar-refractivity contribution in [3.8, 4) is 0 Å². The fourth-order valence-electron chi connectivity index (χ4n) is 0.433. The Labute approximate surface area is 54.8 Å². The zero-order valence-corrected chi connectivity index (χ0v) is 5.15. The van der Waals surface area contributed by atoms with Crippen molar-refractivity contribution in [2.45, 2.75) is 0 Å². The van der Waals surface area contributed by atoms with Gasteiger partial charge in [-0.2, -0.15) is 0 Å². The fourth-order valence-corrected chi connectivity index (χ4v) is 1.02. The van der Waals surface area contributed by atoms with Gasteiger partial charge in [-0.1, -0.05) is 6.07 Å². The summed E-state index contributed by atoms with van der Waals surface area (Å²) >= 11 is 1.14. The van der Waals surface area contributed by atoms with Gasteiger partial charge in [0.25, 0.3) is 0 Å². The van der Waals surface area contributed by atoms with Crippen LogP contribution in [-0.4, -0.2) is 5.97 Å². The van der Waals surface area contributed by atoms with Gasteiger partial charge in [0.2, 0.25) is 0 Å². The minimum atomic E-state index is -0.926. The monoisotopic (exact) mass is 146 g/mol. The molecule has 2 nitrogen and oxygen atoms in total. The van der Waals surface area contributed by atoms with Gasteiger partial charge in [-0.25, -0.2) is 9.74 Å². The third kappa shape index (κ3) is 1.26. The first-order chi connectivity index (χ1) is 4.34. The molecule has 1 aromatic heterocycles. The van der Waals surface area contributed by atoms with Gasteiger partial charge in [0.1, 0.15) is 4.88 Å². The molecule has 0 N–H and O–H groups in total. The van der Waals surface area contributed by atoms with Crippen LogP contribution in [0.1, 0.15) is 9.67 Å². The van der Waals surface area contributed by atoms with E-state index in [9.17, 15) is 9.32 Å². The largest absolute Gasteiger partial charge is 0.389 e. The van der Waals surface area contributed by atoms with Crippen molar-refractivity contribution in [1.82, 2.24) is 0 Å². The molecule has 4 heteroatoms. The van der Waals surface area contributed by atoms with E-state index in [1.54, 1.807) is 11.4 Å². The standard InChI is InChI=1S/C5H3FO2S/c6-8-5(7)4-2-1-3-9-4/h1-3H. The van der Waals surface area contributed by atoms with Gasteiger partial charge in [-0.3, -0.25) is 0 Å². The van der Waals surface area contributed by atoms with Crippen LogP contribution in [0.4, 0.5) is 4.53 Å². The average Bonchev–Trinajstić information content (AvgIpc) is 2.37. The maximum atomic E-state index is 11.1. The van der Waals surface area contributed by atoms with Crippen LogP contribution in [0.3, 0.4) is 0 Å². The number of hydrogen-bond donors (Lipinski definition) is 0. The summed E-state index contributed by atoms with van der Waals surface area (Å²) in [5.74, 6) is -0.926. The van der Waals surface area contributed by atoms with Crippen LogP contribution >= 0.6 is 11.3 Å². The molecule has 9 heavy (non-hydrogen) atoms. The smallest absolute Gasteiger partial charge is 0.248 e. The highest BCUT2D eigenvalue weighted by Crippen LogP contribution is 2.09. The van der Waals surface area contributed by atoms with Crippen LogP contribution < -0.4 is 0 Å². The van der Waals surface area contributed by atoms with E-state index >= 15 is 0 Å². The van der Waals surface area contributed by atoms with Gasteiger partial charge in [0.15, 0.2) is 0 Å². The summed E-state index contributed by atoms with van der Waals surface area (Å²) in [4.78, 5) is 13.5. The van der Waals surface area contributed by atoms with Gasteiger partial charge in [-0.15, -0.1) is 11.3 Å². The topological polar surface area (TPSA) is 26.3 Å². The minimum Gasteiger partial charge on any atom is -0.248 e. The molecule has 0 spiro atoms. The van der Waals surface area contributed by atoms with E-state index < -0.39 is 5.97 Å². The number of carbonyl (C=O) groups excluding carboxylic acids is 1. The predicted octanol–water partition coefficient (Wildman–Crippen LogP) is 1.79. The van der Waals surface area contributed by atoms with Gasteiger partial charge in [0.05, 0.1) is 0 Å². The van der Waals surface area contributed by atoms with Gasteiger partial charge in [-0.05, 0) is 11.4 Å². The third-order valence-corrected chi connectivity index (χ3v) is 1.64. The molecule has 48 valence electrons. The predicted molar refractivity (Wildman–Crippen MR) is 30.8 cm³/mol. The molecule has 1 rings (SSSR count). The molecular formula is C5H3FO2S. The molecule has 0 aliphatic rings. The maximum Gasteiger partial charge on any atom is 0.389 e. The fraction of sp³-hybridized carbons (Fsp3) is 0. The van der Waals surface area contributed by atoms with E-state index in [2.05, 4.69) is 4.94 Å². The van der Waals surface area contributed by atoms with Crippen molar-refractivity contribution in [1.29, 1.82) is 0 Å². The second-order valence-corrected chi connectivity index (χ2v) is 2.29. The molecule has 0 fully saturated rings. The first-order valence-corrected chi connectivity index (χ1v) is 3.09. The number of hydrogen-bond acceptors (Lipinski definition) is 3. The lowest BCUT2D eigenvalue weighted by atomic mass is 10.5. The van der Waals surface area contributed by atoms with Gasteiger partial charge in [0, 0.05) is 4.53 Å². The number of thiophene rings is 1. The molecule has 0 aliphatic heterocycles. The van der Waals surface area contributed by atoms with Crippen molar-refractivity contribution in [2.75, 3.05) is 0 Å². The van der Waals surface area contributed by atoms with Crippen molar-refractivity contribution < 1.29 is 14.3 Å². The lowest BCUT2D eigenvalue weighted by molar-refractivity contribution is -0.0783. The van der Waals surface area contributed by atoms with E-state index in [1.807, 2.05) is 0 Å². The summed E-state index contributed by atoms with van der Waals surface area (Å²) in [5.41, 5.74) is 0. The van der Waals surface area contributed by atoms with Crippen molar-refractivity contribution >= 4 is 17.3 Å². The van der Waals surface area contributed by atoms with Crippen LogP contribution in [0.25, 0.3) is 0 Å². The molecule has 0 saturated carbocycles. The summed E-state index contributed by atoms with van der Waals surface area (Å²) in [6, 6.07) is 3.14. The second kappa shape index (κ2) is 2.59. The van der Waals surface area contributed by atoms with Crippen molar-refractivity contribution in [3.63, 3.8) is 0 Å². The summed E-state index contributed by atoms with van der Waals surface area (Å²) in [6.45, 7) is 0. The highest BCUT2D eigenvalue weighted by molar-refractivity contribution is 7.11. The van der Waals surface area contributed by atoms with Crippen LogP contribution in [0.5, 0.6) is 0 Å². The van der Waals surface area contributed by atoms with Crippen molar-refractivity contribution in [3.05, 3.63) is 22.4 Å². The lowest BCUT2D eigenvalue weighted by Crippen LogP contribution is -1.93. The van der Waals surface area contributed by atoms with Crippen molar-refractivity contribution in [2.24, 2.45) is 0 Å². The molecule has 0 atom stereocenters.